The molecule has 1 amide bonds. The summed E-state index contributed by atoms with van der Waals surface area (Å²) in [5.41, 5.74) is 0. The quantitative estimate of drug-likeness (QED) is 0.833. The molecular weight excluding hydrogens is 258 g/mol. The number of hydrogen-bond acceptors (Lipinski definition) is 3. The number of carbonyl (C=O) groups is 1. The van der Waals surface area contributed by atoms with Gasteiger partial charge >= 0.3 is 0 Å². The molecule has 4 nitrogen and oxygen atoms in total. The average Bonchev–Trinajstić information content (AvgIpc) is 3.02. The maximum absolute atomic E-state index is 12.2. The van der Waals surface area contributed by atoms with E-state index in [2.05, 4.69) is 16.0 Å². The van der Waals surface area contributed by atoms with Crippen molar-refractivity contribution >= 4 is 23.1 Å². The second-order valence-electron chi connectivity index (χ2n) is 4.50. The van der Waals surface area contributed by atoms with Crippen molar-refractivity contribution in [2.24, 2.45) is 0 Å². The maximum Gasteiger partial charge on any atom is 0.274 e. The van der Waals surface area contributed by atoms with E-state index in [4.69, 9.17) is 0 Å². The number of H-pyrrole nitrogens is 1. The molecule has 2 aromatic heterocycles. The molecule has 1 aliphatic rings. The molecule has 0 bridgehead atoms. The van der Waals surface area contributed by atoms with Crippen molar-refractivity contribution in [3.8, 4) is 0 Å². The van der Waals surface area contributed by atoms with Crippen LogP contribution < -0.4 is 9.88 Å². The van der Waals surface area contributed by atoms with Gasteiger partial charge in [-0.05, 0) is 17.5 Å². The third-order valence-electron chi connectivity index (χ3n) is 3.33. The summed E-state index contributed by atoms with van der Waals surface area (Å²) in [6.45, 7) is 3.30. The van der Waals surface area contributed by atoms with Gasteiger partial charge in [-0.25, -0.2) is 4.98 Å². The van der Waals surface area contributed by atoms with Crippen LogP contribution in [-0.2, 0) is 0 Å². The first-order chi connectivity index (χ1) is 9.34. The predicted octanol–water partition coefficient (Wildman–Crippen LogP) is 1.52. The molecule has 0 radical (unpaired) electrons. The second kappa shape index (κ2) is 5.40. The van der Waals surface area contributed by atoms with Crippen LogP contribution in [0.2, 0.25) is 0 Å². The Balaban J connectivity index is 1.62. The lowest BCUT2D eigenvalue weighted by molar-refractivity contribution is -0.364. The molecule has 1 N–H and O–H groups in total. The van der Waals surface area contributed by atoms with Gasteiger partial charge in [0.05, 0.1) is 24.2 Å². The number of piperazine rings is 1. The molecule has 19 heavy (non-hydrogen) atoms. The molecule has 1 aliphatic heterocycles. The molecule has 3 rings (SSSR count). The lowest BCUT2D eigenvalue weighted by Gasteiger charge is -2.30. The Hall–Kier alpha value is -1.88. The standard InChI is InChI=1S/C14H15N3OS/c18-14(12-4-3-11-19-12)17-9-7-16(8-10-17)13-5-1-2-6-15-13/h1-6,11H,7-10H2/p+1. The van der Waals surface area contributed by atoms with E-state index in [9.17, 15) is 4.79 Å². The highest BCUT2D eigenvalue weighted by Crippen LogP contribution is 2.15. The van der Waals surface area contributed by atoms with Crippen LogP contribution in [0.3, 0.4) is 0 Å². The van der Waals surface area contributed by atoms with E-state index in [0.717, 1.165) is 36.9 Å². The molecule has 0 unspecified atom stereocenters. The van der Waals surface area contributed by atoms with Gasteiger partial charge < -0.3 is 4.90 Å². The first kappa shape index (κ1) is 12.2. The van der Waals surface area contributed by atoms with Gasteiger partial charge in [0.15, 0.2) is 0 Å². The summed E-state index contributed by atoms with van der Waals surface area (Å²) in [5.74, 6) is 1.28. The smallest absolute Gasteiger partial charge is 0.274 e. The Bertz CT molecular complexity index is 533. The van der Waals surface area contributed by atoms with Gasteiger partial charge in [0, 0.05) is 6.07 Å². The number of rotatable bonds is 2. The minimum Gasteiger partial charge on any atom is -0.330 e. The van der Waals surface area contributed by atoms with E-state index in [0.29, 0.717) is 0 Å². The number of hydrogen-bond donors (Lipinski definition) is 0. The maximum atomic E-state index is 12.2. The van der Waals surface area contributed by atoms with E-state index in [-0.39, 0.29) is 5.91 Å². The Morgan fingerprint density at radius 2 is 1.95 bits per heavy atom. The number of thiophene rings is 1. The fraction of sp³-hybridized carbons (Fsp3) is 0.286. The SMILES string of the molecule is O=C(c1cccs1)N1CCN(c2cccc[nH+]2)CC1. The first-order valence-corrected chi connectivity index (χ1v) is 7.27. The van der Waals surface area contributed by atoms with Crippen LogP contribution in [0.5, 0.6) is 0 Å². The molecule has 0 atom stereocenters. The van der Waals surface area contributed by atoms with E-state index in [1.54, 1.807) is 0 Å². The van der Waals surface area contributed by atoms with Gasteiger partial charge in [0.25, 0.3) is 11.7 Å². The van der Waals surface area contributed by atoms with Crippen molar-refractivity contribution in [3.63, 3.8) is 0 Å². The Morgan fingerprint density at radius 1 is 1.11 bits per heavy atom. The summed E-state index contributed by atoms with van der Waals surface area (Å²) in [4.78, 5) is 20.5. The van der Waals surface area contributed by atoms with Gasteiger partial charge in [-0.3, -0.25) is 9.69 Å². The molecule has 98 valence electrons. The highest BCUT2D eigenvalue weighted by molar-refractivity contribution is 7.12. The molecule has 0 aliphatic carbocycles. The van der Waals surface area contributed by atoms with Gasteiger partial charge in [0.1, 0.15) is 13.1 Å². The monoisotopic (exact) mass is 274 g/mol. The molecule has 5 heteroatoms. The number of nitrogens with zero attached hydrogens (tertiary/aromatic N) is 2. The van der Waals surface area contributed by atoms with E-state index >= 15 is 0 Å². The number of pyridine rings is 1. The molecule has 0 spiro atoms. The van der Waals surface area contributed by atoms with E-state index in [1.165, 1.54) is 11.3 Å². The Kier molecular flexibility index (Phi) is 3.46. The van der Waals surface area contributed by atoms with Crippen molar-refractivity contribution in [1.29, 1.82) is 0 Å². The van der Waals surface area contributed by atoms with Gasteiger partial charge in [0.2, 0.25) is 0 Å². The van der Waals surface area contributed by atoms with Gasteiger partial charge in [-0.2, -0.15) is 0 Å². The Morgan fingerprint density at radius 3 is 2.58 bits per heavy atom. The lowest BCUT2D eigenvalue weighted by atomic mass is 10.3. The van der Waals surface area contributed by atoms with Crippen LogP contribution in [0.25, 0.3) is 0 Å². The predicted molar refractivity (Wildman–Crippen MR) is 75.4 cm³/mol. The van der Waals surface area contributed by atoms with Crippen LogP contribution in [-0.4, -0.2) is 37.0 Å². The van der Waals surface area contributed by atoms with Crippen LogP contribution in [0.1, 0.15) is 9.67 Å². The molecule has 3 heterocycles. The minimum atomic E-state index is 0.159. The van der Waals surface area contributed by atoms with Crippen LogP contribution in [0, 0.1) is 0 Å². The van der Waals surface area contributed by atoms with Crippen molar-refractivity contribution in [1.82, 2.24) is 4.90 Å². The zero-order valence-electron chi connectivity index (χ0n) is 10.6. The molecule has 0 saturated carbocycles. The third-order valence-corrected chi connectivity index (χ3v) is 4.19. The molecular formula is C14H16N3OS+. The number of anilines is 1. The van der Waals surface area contributed by atoms with Crippen molar-refractivity contribution in [2.45, 2.75) is 0 Å². The van der Waals surface area contributed by atoms with Crippen molar-refractivity contribution in [3.05, 3.63) is 46.8 Å². The third kappa shape index (κ3) is 2.61. The molecule has 1 fully saturated rings. The van der Waals surface area contributed by atoms with Crippen LogP contribution >= 0.6 is 11.3 Å². The van der Waals surface area contributed by atoms with E-state index in [1.807, 2.05) is 40.7 Å². The van der Waals surface area contributed by atoms with Crippen molar-refractivity contribution in [2.75, 3.05) is 31.1 Å². The normalized spacial score (nSPS) is 15.6. The van der Waals surface area contributed by atoms with Crippen molar-refractivity contribution < 1.29 is 9.78 Å². The summed E-state index contributed by atoms with van der Waals surface area (Å²) in [6, 6.07) is 9.88. The fourth-order valence-corrected chi connectivity index (χ4v) is 2.98. The summed E-state index contributed by atoms with van der Waals surface area (Å²) >= 11 is 1.51. The van der Waals surface area contributed by atoms with Gasteiger partial charge in [-0.15, -0.1) is 11.3 Å². The minimum absolute atomic E-state index is 0.159. The summed E-state index contributed by atoms with van der Waals surface area (Å²) in [5, 5.41) is 1.95. The summed E-state index contributed by atoms with van der Waals surface area (Å²) < 4.78 is 0. The number of aromatic amines is 1. The van der Waals surface area contributed by atoms with E-state index < -0.39 is 0 Å². The molecule has 2 aromatic rings. The van der Waals surface area contributed by atoms with Crippen LogP contribution in [0.15, 0.2) is 41.9 Å². The van der Waals surface area contributed by atoms with Gasteiger partial charge in [-0.1, -0.05) is 12.1 Å². The highest BCUT2D eigenvalue weighted by atomic mass is 32.1. The number of aromatic nitrogens is 1. The number of amides is 1. The zero-order valence-corrected chi connectivity index (χ0v) is 11.4. The second-order valence-corrected chi connectivity index (χ2v) is 5.45. The fourth-order valence-electron chi connectivity index (χ4n) is 2.29. The summed E-state index contributed by atoms with van der Waals surface area (Å²) in [7, 11) is 0. The highest BCUT2D eigenvalue weighted by Gasteiger charge is 2.26. The summed E-state index contributed by atoms with van der Waals surface area (Å²) in [6.07, 6.45) is 1.93. The molecule has 0 aromatic carbocycles. The average molecular weight is 274 g/mol. The lowest BCUT2D eigenvalue weighted by Crippen LogP contribution is -2.49. The first-order valence-electron chi connectivity index (χ1n) is 6.39. The Labute approximate surface area is 116 Å². The zero-order chi connectivity index (χ0) is 13.1. The topological polar surface area (TPSA) is 37.7 Å². The largest absolute Gasteiger partial charge is 0.330 e. The number of nitrogens with one attached hydrogen (secondary N) is 1. The number of carbonyl (C=O) groups excluding carboxylic acids is 1. The molecule has 1 saturated heterocycles. The van der Waals surface area contributed by atoms with Crippen LogP contribution in [0.4, 0.5) is 5.82 Å².